The average molecular weight is 276 g/mol. The highest BCUT2D eigenvalue weighted by Crippen LogP contribution is 2.20. The lowest BCUT2D eigenvalue weighted by Crippen LogP contribution is -2.13. The highest BCUT2D eigenvalue weighted by Gasteiger charge is 2.12. The Morgan fingerprint density at radius 1 is 1.45 bits per heavy atom. The third kappa shape index (κ3) is 3.08. The van der Waals surface area contributed by atoms with Crippen LogP contribution in [0.25, 0.3) is 11.2 Å². The zero-order valence-electron chi connectivity index (χ0n) is 11.6. The van der Waals surface area contributed by atoms with Gasteiger partial charge in [-0.3, -0.25) is 4.79 Å². The molecule has 0 aromatic carbocycles. The standard InChI is InChI=1S/C12H16N6O2/c1-4-20-9(19)5-18-8-16-12-10(18)11(13-6-14-12)15-7-17(2)3/h6-8H,4-5H2,1-3H3. The molecule has 0 unspecified atom stereocenters. The minimum Gasteiger partial charge on any atom is -0.465 e. The molecule has 0 N–H and O–H groups in total. The summed E-state index contributed by atoms with van der Waals surface area (Å²) in [4.78, 5) is 29.9. The minimum atomic E-state index is -0.335. The van der Waals surface area contributed by atoms with Gasteiger partial charge in [0.15, 0.2) is 11.5 Å². The second-order valence-corrected chi connectivity index (χ2v) is 4.26. The fourth-order valence-corrected chi connectivity index (χ4v) is 1.62. The van der Waals surface area contributed by atoms with Crippen LogP contribution in [0.3, 0.4) is 0 Å². The van der Waals surface area contributed by atoms with Crippen LogP contribution in [0.5, 0.6) is 0 Å². The van der Waals surface area contributed by atoms with E-state index in [2.05, 4.69) is 19.9 Å². The Bertz CT molecular complexity index is 634. The normalized spacial score (nSPS) is 11.2. The molecular formula is C12H16N6O2. The molecule has 0 atom stereocenters. The van der Waals surface area contributed by atoms with Crippen LogP contribution < -0.4 is 0 Å². The molecule has 0 saturated carbocycles. The number of carbonyl (C=O) groups excluding carboxylic acids is 1. The molecule has 20 heavy (non-hydrogen) atoms. The second kappa shape index (κ2) is 6.09. The number of rotatable bonds is 5. The summed E-state index contributed by atoms with van der Waals surface area (Å²) in [6.45, 7) is 2.16. The fourth-order valence-electron chi connectivity index (χ4n) is 1.62. The van der Waals surface area contributed by atoms with E-state index in [9.17, 15) is 4.79 Å². The first-order valence-electron chi connectivity index (χ1n) is 6.14. The Balaban J connectivity index is 2.38. The van der Waals surface area contributed by atoms with Gasteiger partial charge in [0.25, 0.3) is 0 Å². The number of aromatic nitrogens is 4. The Morgan fingerprint density at radius 2 is 2.25 bits per heavy atom. The highest BCUT2D eigenvalue weighted by molar-refractivity contribution is 5.84. The molecule has 0 aliphatic heterocycles. The summed E-state index contributed by atoms with van der Waals surface area (Å²) in [5.74, 6) is 0.128. The molecule has 0 aliphatic rings. The fraction of sp³-hybridized carbons (Fsp3) is 0.417. The zero-order valence-corrected chi connectivity index (χ0v) is 11.6. The van der Waals surface area contributed by atoms with Gasteiger partial charge in [0, 0.05) is 14.1 Å². The van der Waals surface area contributed by atoms with Crippen LogP contribution in [0.15, 0.2) is 17.6 Å². The van der Waals surface area contributed by atoms with E-state index in [4.69, 9.17) is 4.74 Å². The summed E-state index contributed by atoms with van der Waals surface area (Å²) in [6.07, 6.45) is 4.56. The van der Waals surface area contributed by atoms with E-state index in [1.807, 2.05) is 14.1 Å². The first-order valence-corrected chi connectivity index (χ1v) is 6.14. The lowest BCUT2D eigenvalue weighted by molar-refractivity contribution is -0.143. The van der Waals surface area contributed by atoms with Crippen molar-refractivity contribution in [3.8, 4) is 0 Å². The van der Waals surface area contributed by atoms with Gasteiger partial charge in [-0.15, -0.1) is 0 Å². The van der Waals surface area contributed by atoms with Gasteiger partial charge < -0.3 is 14.2 Å². The van der Waals surface area contributed by atoms with Gasteiger partial charge in [0.1, 0.15) is 18.4 Å². The molecule has 0 saturated heterocycles. The van der Waals surface area contributed by atoms with Crippen LogP contribution in [-0.4, -0.2) is 57.4 Å². The summed E-state index contributed by atoms with van der Waals surface area (Å²) in [7, 11) is 3.72. The molecule has 2 aromatic heterocycles. The van der Waals surface area contributed by atoms with Crippen LogP contribution in [0, 0.1) is 0 Å². The van der Waals surface area contributed by atoms with Crippen molar-refractivity contribution < 1.29 is 9.53 Å². The Hall–Kier alpha value is -2.51. The van der Waals surface area contributed by atoms with Crippen molar-refractivity contribution in [2.75, 3.05) is 20.7 Å². The van der Waals surface area contributed by atoms with Crippen molar-refractivity contribution in [3.05, 3.63) is 12.7 Å². The van der Waals surface area contributed by atoms with E-state index in [1.165, 1.54) is 12.7 Å². The minimum absolute atomic E-state index is 0.0577. The number of hydrogen-bond acceptors (Lipinski definition) is 6. The Kier molecular flexibility index (Phi) is 4.24. The molecule has 0 aliphatic carbocycles. The zero-order chi connectivity index (χ0) is 14.5. The van der Waals surface area contributed by atoms with E-state index >= 15 is 0 Å². The average Bonchev–Trinajstić information content (AvgIpc) is 2.80. The van der Waals surface area contributed by atoms with E-state index in [0.717, 1.165) is 0 Å². The van der Waals surface area contributed by atoms with Crippen molar-refractivity contribution in [3.63, 3.8) is 0 Å². The largest absolute Gasteiger partial charge is 0.465 e. The predicted molar refractivity (Wildman–Crippen MR) is 73.8 cm³/mol. The van der Waals surface area contributed by atoms with Crippen LogP contribution in [-0.2, 0) is 16.1 Å². The molecule has 0 radical (unpaired) electrons. The third-order valence-corrected chi connectivity index (χ3v) is 2.41. The van der Waals surface area contributed by atoms with Crippen LogP contribution in [0.4, 0.5) is 5.82 Å². The molecule has 2 heterocycles. The molecule has 8 heteroatoms. The third-order valence-electron chi connectivity index (χ3n) is 2.41. The Labute approximate surface area is 116 Å². The van der Waals surface area contributed by atoms with Crippen LogP contribution in [0.2, 0.25) is 0 Å². The number of hydrogen-bond donors (Lipinski definition) is 0. The lowest BCUT2D eigenvalue weighted by atomic mass is 10.4. The first-order chi connectivity index (χ1) is 9.61. The topological polar surface area (TPSA) is 85.5 Å². The molecule has 0 amide bonds. The lowest BCUT2D eigenvalue weighted by Gasteiger charge is -2.06. The van der Waals surface area contributed by atoms with Gasteiger partial charge >= 0.3 is 5.97 Å². The maximum Gasteiger partial charge on any atom is 0.326 e. The summed E-state index contributed by atoms with van der Waals surface area (Å²) >= 11 is 0. The molecular weight excluding hydrogens is 260 g/mol. The van der Waals surface area contributed by atoms with E-state index in [1.54, 1.807) is 22.7 Å². The molecule has 0 fully saturated rings. The summed E-state index contributed by atoms with van der Waals surface area (Å²) in [6, 6.07) is 0. The maximum atomic E-state index is 11.6. The monoisotopic (exact) mass is 276 g/mol. The molecule has 0 bridgehead atoms. The van der Waals surface area contributed by atoms with Gasteiger partial charge in [-0.25, -0.2) is 19.9 Å². The van der Waals surface area contributed by atoms with Crippen LogP contribution >= 0.6 is 0 Å². The van der Waals surface area contributed by atoms with Gasteiger partial charge in [-0.1, -0.05) is 0 Å². The van der Waals surface area contributed by atoms with E-state index < -0.39 is 0 Å². The van der Waals surface area contributed by atoms with Gasteiger partial charge in [-0.05, 0) is 6.92 Å². The van der Waals surface area contributed by atoms with Crippen molar-refractivity contribution in [1.82, 2.24) is 24.4 Å². The molecule has 106 valence electrons. The number of fused-ring (bicyclic) bond motifs is 1. The number of aliphatic imine (C=N–C) groups is 1. The van der Waals surface area contributed by atoms with Crippen molar-refractivity contribution in [2.24, 2.45) is 4.99 Å². The van der Waals surface area contributed by atoms with Crippen LogP contribution in [0.1, 0.15) is 6.92 Å². The number of ether oxygens (including phenoxy) is 1. The van der Waals surface area contributed by atoms with E-state index in [0.29, 0.717) is 23.6 Å². The van der Waals surface area contributed by atoms with E-state index in [-0.39, 0.29) is 12.5 Å². The van der Waals surface area contributed by atoms with Gasteiger partial charge in [-0.2, -0.15) is 0 Å². The SMILES string of the molecule is CCOC(=O)Cn1cnc2ncnc(N=CN(C)C)c21. The molecule has 2 rings (SSSR count). The molecule has 0 spiro atoms. The smallest absolute Gasteiger partial charge is 0.326 e. The maximum absolute atomic E-state index is 11.6. The summed E-state index contributed by atoms with van der Waals surface area (Å²) in [5, 5.41) is 0. The Morgan fingerprint density at radius 3 is 2.95 bits per heavy atom. The number of esters is 1. The van der Waals surface area contributed by atoms with Crippen molar-refractivity contribution >= 4 is 29.3 Å². The summed E-state index contributed by atoms with van der Waals surface area (Å²) in [5.41, 5.74) is 1.11. The quantitative estimate of drug-likeness (QED) is 0.452. The van der Waals surface area contributed by atoms with Gasteiger partial charge in [0.05, 0.1) is 19.3 Å². The second-order valence-electron chi connectivity index (χ2n) is 4.26. The number of carbonyl (C=O) groups is 1. The van der Waals surface area contributed by atoms with Crippen molar-refractivity contribution in [2.45, 2.75) is 13.5 Å². The highest BCUT2D eigenvalue weighted by atomic mass is 16.5. The predicted octanol–water partition coefficient (Wildman–Crippen LogP) is 0.611. The number of imidazole rings is 1. The number of nitrogens with zero attached hydrogens (tertiary/aromatic N) is 6. The molecule has 8 nitrogen and oxygen atoms in total. The summed E-state index contributed by atoms with van der Waals surface area (Å²) < 4.78 is 6.56. The van der Waals surface area contributed by atoms with Crippen molar-refractivity contribution in [1.29, 1.82) is 0 Å². The molecule has 2 aromatic rings. The van der Waals surface area contributed by atoms with Gasteiger partial charge in [0.2, 0.25) is 0 Å². The first kappa shape index (κ1) is 13.9.